The van der Waals surface area contributed by atoms with Gasteiger partial charge in [0.15, 0.2) is 14.6 Å². The summed E-state index contributed by atoms with van der Waals surface area (Å²) < 4.78 is 26.1. The van der Waals surface area contributed by atoms with E-state index < -0.39 is 9.84 Å². The van der Waals surface area contributed by atoms with Crippen molar-refractivity contribution < 1.29 is 13.2 Å². The third kappa shape index (κ3) is 4.16. The van der Waals surface area contributed by atoms with Crippen LogP contribution in [0.4, 0.5) is 0 Å². The molecular weight excluding hydrogens is 400 g/mol. The number of carbonyl (C=O) groups excluding carboxylic acids is 1. The second kappa shape index (κ2) is 7.72. The zero-order valence-corrected chi connectivity index (χ0v) is 17.1. The maximum absolute atomic E-state index is 12.6. The molecule has 0 unspecified atom stereocenters. The van der Waals surface area contributed by atoms with E-state index in [-0.39, 0.29) is 17.3 Å². The Bertz CT molecular complexity index is 1250. The van der Waals surface area contributed by atoms with Crippen LogP contribution in [-0.2, 0) is 16.4 Å². The molecular formula is C19H16N2O3S3. The van der Waals surface area contributed by atoms with Gasteiger partial charge in [-0.1, -0.05) is 23.3 Å². The number of nitrogens with zero attached hydrogens (tertiary/aromatic N) is 2. The molecule has 27 heavy (non-hydrogen) atoms. The molecule has 0 fully saturated rings. The second-order valence-corrected chi connectivity index (χ2v) is 9.63. The van der Waals surface area contributed by atoms with Gasteiger partial charge in [-0.2, -0.15) is 4.99 Å². The van der Waals surface area contributed by atoms with Crippen LogP contribution in [0.2, 0.25) is 0 Å². The molecule has 0 aliphatic carbocycles. The maximum Gasteiger partial charge on any atom is 0.279 e. The summed E-state index contributed by atoms with van der Waals surface area (Å²) in [4.78, 5) is 18.5. The van der Waals surface area contributed by atoms with Crippen molar-refractivity contribution in [1.29, 1.82) is 0 Å². The number of terminal acetylenes is 1. The summed E-state index contributed by atoms with van der Waals surface area (Å²) in [5, 5.41) is 0. The average Bonchev–Trinajstić information content (AvgIpc) is 2.98. The van der Waals surface area contributed by atoms with Crippen molar-refractivity contribution in [2.75, 3.05) is 12.5 Å². The lowest BCUT2D eigenvalue weighted by Crippen LogP contribution is -2.16. The molecule has 0 N–H and O–H groups in total. The summed E-state index contributed by atoms with van der Waals surface area (Å²) in [5.41, 5.74) is 1.23. The molecule has 0 spiro atoms. The number of sulfone groups is 1. The van der Waals surface area contributed by atoms with E-state index in [9.17, 15) is 13.2 Å². The van der Waals surface area contributed by atoms with Gasteiger partial charge in [0, 0.05) is 16.7 Å². The van der Waals surface area contributed by atoms with Gasteiger partial charge in [-0.25, -0.2) is 8.42 Å². The Balaban J connectivity index is 2.17. The molecule has 3 aromatic rings. The van der Waals surface area contributed by atoms with Crippen LogP contribution in [0, 0.1) is 12.3 Å². The number of benzene rings is 2. The van der Waals surface area contributed by atoms with Gasteiger partial charge in [0.05, 0.1) is 21.7 Å². The number of hydrogen-bond acceptors (Lipinski definition) is 5. The van der Waals surface area contributed by atoms with E-state index >= 15 is 0 Å². The molecule has 0 atom stereocenters. The first-order chi connectivity index (χ1) is 12.8. The number of fused-ring (bicyclic) bond motifs is 1. The zero-order chi connectivity index (χ0) is 19.6. The fourth-order valence-electron chi connectivity index (χ4n) is 2.52. The van der Waals surface area contributed by atoms with Crippen LogP contribution in [0.25, 0.3) is 10.2 Å². The number of carbonyl (C=O) groups is 1. The highest BCUT2D eigenvalue weighted by Crippen LogP contribution is 2.22. The molecule has 5 nitrogen and oxygen atoms in total. The minimum Gasteiger partial charge on any atom is -0.305 e. The Labute approximate surface area is 165 Å². The highest BCUT2D eigenvalue weighted by atomic mass is 32.2. The Hall–Kier alpha value is -2.34. The summed E-state index contributed by atoms with van der Waals surface area (Å²) in [6, 6.07) is 12.0. The van der Waals surface area contributed by atoms with Crippen LogP contribution in [0.1, 0.15) is 10.4 Å². The first-order valence-corrected chi connectivity index (χ1v) is 11.8. The van der Waals surface area contributed by atoms with Gasteiger partial charge in [0.1, 0.15) is 0 Å². The van der Waals surface area contributed by atoms with Gasteiger partial charge >= 0.3 is 0 Å². The van der Waals surface area contributed by atoms with Gasteiger partial charge in [0.2, 0.25) is 0 Å². The van der Waals surface area contributed by atoms with E-state index in [1.54, 1.807) is 40.6 Å². The lowest BCUT2D eigenvalue weighted by atomic mass is 10.2. The summed E-state index contributed by atoms with van der Waals surface area (Å²) >= 11 is 2.78. The summed E-state index contributed by atoms with van der Waals surface area (Å²) in [6.07, 6.45) is 8.56. The minimum atomic E-state index is -3.33. The normalized spacial score (nSPS) is 12.3. The Morgan fingerprint density at radius 2 is 2.07 bits per heavy atom. The minimum absolute atomic E-state index is 0.217. The largest absolute Gasteiger partial charge is 0.305 e. The maximum atomic E-state index is 12.6. The molecule has 8 heteroatoms. The third-order valence-electron chi connectivity index (χ3n) is 3.85. The molecule has 0 aliphatic rings. The number of hydrogen-bond donors (Lipinski definition) is 0. The fourth-order valence-corrected chi connectivity index (χ4v) is 4.77. The second-order valence-electron chi connectivity index (χ2n) is 5.73. The monoisotopic (exact) mass is 416 g/mol. The van der Waals surface area contributed by atoms with E-state index in [2.05, 4.69) is 10.9 Å². The van der Waals surface area contributed by atoms with Crippen molar-refractivity contribution >= 4 is 49.1 Å². The molecule has 0 radical (unpaired) electrons. The predicted molar refractivity (Wildman–Crippen MR) is 110 cm³/mol. The highest BCUT2D eigenvalue weighted by molar-refractivity contribution is 7.98. The van der Waals surface area contributed by atoms with Gasteiger partial charge in [-0.15, -0.1) is 18.2 Å². The van der Waals surface area contributed by atoms with Gasteiger partial charge < -0.3 is 4.57 Å². The van der Waals surface area contributed by atoms with E-state index in [1.165, 1.54) is 17.4 Å². The molecule has 138 valence electrons. The standard InChI is InChI=1S/C19H16N2O3S3/c1-4-10-21-16-9-8-15(27(3,23)24)12-17(16)26-19(21)20-18(22)13-6-5-7-14(11-13)25-2/h1,5-9,11-12H,10H2,2-3H3. The topological polar surface area (TPSA) is 68.5 Å². The number of thioether (sulfide) groups is 1. The molecule has 1 aromatic heterocycles. The number of aromatic nitrogens is 1. The van der Waals surface area contributed by atoms with E-state index in [0.717, 1.165) is 16.7 Å². The lowest BCUT2D eigenvalue weighted by molar-refractivity contribution is 0.0997. The fraction of sp³-hybridized carbons (Fsp3) is 0.158. The molecule has 1 amide bonds. The summed E-state index contributed by atoms with van der Waals surface area (Å²) in [7, 11) is -3.33. The van der Waals surface area contributed by atoms with Crippen LogP contribution < -0.4 is 4.80 Å². The van der Waals surface area contributed by atoms with Crippen molar-refractivity contribution in [3.8, 4) is 12.3 Å². The van der Waals surface area contributed by atoms with Crippen LogP contribution in [0.5, 0.6) is 0 Å². The summed E-state index contributed by atoms with van der Waals surface area (Å²) in [5.74, 6) is 2.19. The van der Waals surface area contributed by atoms with Crippen LogP contribution in [0.3, 0.4) is 0 Å². The molecule has 1 heterocycles. The first-order valence-electron chi connectivity index (χ1n) is 7.83. The number of rotatable bonds is 4. The van der Waals surface area contributed by atoms with Gasteiger partial charge in [0.25, 0.3) is 5.91 Å². The molecule has 0 saturated heterocycles. The Morgan fingerprint density at radius 1 is 1.30 bits per heavy atom. The van der Waals surface area contributed by atoms with Gasteiger partial charge in [-0.05, 0) is 42.7 Å². The van der Waals surface area contributed by atoms with Crippen LogP contribution in [0.15, 0.2) is 57.2 Å². The Morgan fingerprint density at radius 3 is 2.74 bits per heavy atom. The van der Waals surface area contributed by atoms with Crippen LogP contribution in [-0.4, -0.2) is 31.4 Å². The van der Waals surface area contributed by atoms with E-state index in [4.69, 9.17) is 6.42 Å². The van der Waals surface area contributed by atoms with Crippen molar-refractivity contribution in [2.24, 2.45) is 4.99 Å². The van der Waals surface area contributed by atoms with Crippen LogP contribution >= 0.6 is 23.1 Å². The van der Waals surface area contributed by atoms with Gasteiger partial charge in [-0.3, -0.25) is 4.79 Å². The molecule has 0 bridgehead atoms. The van der Waals surface area contributed by atoms with E-state index in [1.807, 2.05) is 18.4 Å². The first kappa shape index (κ1) is 19.4. The summed E-state index contributed by atoms with van der Waals surface area (Å²) in [6.45, 7) is 0.231. The molecule has 3 rings (SSSR count). The predicted octanol–water partition coefficient (Wildman–Crippen LogP) is 3.20. The SMILES string of the molecule is C#CCn1c(=NC(=O)c2cccc(SC)c2)sc2cc(S(C)(=O)=O)ccc21. The molecule has 2 aromatic carbocycles. The zero-order valence-electron chi connectivity index (χ0n) is 14.7. The average molecular weight is 417 g/mol. The van der Waals surface area contributed by atoms with Crippen molar-refractivity contribution in [3.05, 3.63) is 52.8 Å². The lowest BCUT2D eigenvalue weighted by Gasteiger charge is -2.02. The number of amides is 1. The third-order valence-corrected chi connectivity index (χ3v) is 6.72. The van der Waals surface area contributed by atoms with Crippen molar-refractivity contribution in [2.45, 2.75) is 16.3 Å². The smallest absolute Gasteiger partial charge is 0.279 e. The van der Waals surface area contributed by atoms with Crippen molar-refractivity contribution in [1.82, 2.24) is 4.57 Å². The number of thiazole rings is 1. The molecule has 0 saturated carbocycles. The van der Waals surface area contributed by atoms with E-state index in [0.29, 0.717) is 15.1 Å². The Kier molecular flexibility index (Phi) is 5.56. The van der Waals surface area contributed by atoms with Crippen molar-refractivity contribution in [3.63, 3.8) is 0 Å². The quantitative estimate of drug-likeness (QED) is 0.484. The highest BCUT2D eigenvalue weighted by Gasteiger charge is 2.13. The molecule has 0 aliphatic heterocycles.